The summed E-state index contributed by atoms with van der Waals surface area (Å²) in [5.74, 6) is 0.0261. The highest BCUT2D eigenvalue weighted by atomic mass is 35.5. The van der Waals surface area contributed by atoms with Crippen LogP contribution in [-0.2, 0) is 17.8 Å². The zero-order valence-electron chi connectivity index (χ0n) is 15.6. The first-order valence-electron chi connectivity index (χ1n) is 9.01. The molecule has 29 heavy (non-hydrogen) atoms. The lowest BCUT2D eigenvalue weighted by molar-refractivity contribution is -0.116. The Hall–Kier alpha value is -3.38. The first-order valence-corrected chi connectivity index (χ1v) is 9.39. The second-order valence-corrected chi connectivity index (χ2v) is 6.84. The number of nitrogens with one attached hydrogen (secondary N) is 1. The third kappa shape index (κ3) is 6.33. The van der Waals surface area contributed by atoms with E-state index in [-0.39, 0.29) is 18.2 Å². The monoisotopic (exact) mass is 409 g/mol. The molecule has 2 aromatic carbocycles. The van der Waals surface area contributed by atoms with Crippen LogP contribution in [-0.4, -0.2) is 16.8 Å². The third-order valence-electron chi connectivity index (χ3n) is 4.15. The molecule has 0 unspecified atom stereocenters. The minimum Gasteiger partial charge on any atom is -0.489 e. The molecule has 0 aliphatic heterocycles. The lowest BCUT2D eigenvalue weighted by Gasteiger charge is -2.09. The molecule has 0 bridgehead atoms. The van der Waals surface area contributed by atoms with Gasteiger partial charge in [0, 0.05) is 23.3 Å². The third-order valence-corrected chi connectivity index (χ3v) is 4.40. The number of rotatable bonds is 8. The highest BCUT2D eigenvalue weighted by molar-refractivity contribution is 6.30. The summed E-state index contributed by atoms with van der Waals surface area (Å²) in [6.07, 6.45) is 2.45. The summed E-state index contributed by atoms with van der Waals surface area (Å²) in [5.41, 5.74) is 7.94. The number of ether oxygens (including phenoxy) is 1. The van der Waals surface area contributed by atoms with E-state index in [1.807, 2.05) is 24.3 Å². The number of pyridine rings is 1. The topological polar surface area (TPSA) is 94.3 Å². The highest BCUT2D eigenvalue weighted by Crippen LogP contribution is 2.18. The van der Waals surface area contributed by atoms with Gasteiger partial charge in [-0.25, -0.2) is 0 Å². The van der Waals surface area contributed by atoms with Gasteiger partial charge in [0.05, 0.1) is 0 Å². The van der Waals surface area contributed by atoms with Crippen LogP contribution in [0.15, 0.2) is 66.9 Å². The average Bonchev–Trinajstić information content (AvgIpc) is 2.73. The van der Waals surface area contributed by atoms with Crippen LogP contribution in [0.4, 0.5) is 5.69 Å². The van der Waals surface area contributed by atoms with Crippen LogP contribution in [0.2, 0.25) is 5.02 Å². The molecule has 1 aromatic heterocycles. The molecule has 0 aliphatic carbocycles. The normalized spacial score (nSPS) is 10.4. The van der Waals surface area contributed by atoms with Gasteiger partial charge in [-0.1, -0.05) is 23.7 Å². The molecular formula is C22H20ClN3O3. The van der Waals surface area contributed by atoms with E-state index in [0.717, 1.165) is 11.1 Å². The van der Waals surface area contributed by atoms with Gasteiger partial charge in [-0.3, -0.25) is 14.6 Å². The van der Waals surface area contributed by atoms with Gasteiger partial charge in [0.15, 0.2) is 0 Å². The minimum atomic E-state index is -0.578. The number of benzene rings is 2. The molecule has 148 valence electrons. The Labute approximate surface area is 173 Å². The summed E-state index contributed by atoms with van der Waals surface area (Å²) in [6.45, 7) is 0.281. The van der Waals surface area contributed by atoms with Crippen LogP contribution in [0, 0.1) is 0 Å². The summed E-state index contributed by atoms with van der Waals surface area (Å²) in [5, 5.41) is 3.47. The van der Waals surface area contributed by atoms with Crippen LogP contribution in [0.3, 0.4) is 0 Å². The fourth-order valence-corrected chi connectivity index (χ4v) is 2.80. The first-order chi connectivity index (χ1) is 14.0. The number of carbonyl (C=O) groups excluding carboxylic acids is 2. The molecule has 1 heterocycles. The molecule has 0 fully saturated rings. The molecule has 0 saturated carbocycles. The van der Waals surface area contributed by atoms with Gasteiger partial charge < -0.3 is 15.8 Å². The fraction of sp³-hybridized carbons (Fsp3) is 0.136. The Morgan fingerprint density at radius 1 is 1.03 bits per heavy atom. The Bertz CT molecular complexity index is 1010. The van der Waals surface area contributed by atoms with Crippen molar-refractivity contribution < 1.29 is 14.3 Å². The second-order valence-electron chi connectivity index (χ2n) is 6.40. The Morgan fingerprint density at radius 2 is 1.83 bits per heavy atom. The zero-order chi connectivity index (χ0) is 20.6. The van der Waals surface area contributed by atoms with Gasteiger partial charge in [-0.15, -0.1) is 0 Å². The smallest absolute Gasteiger partial charge is 0.267 e. The molecule has 2 amide bonds. The van der Waals surface area contributed by atoms with Crippen molar-refractivity contribution in [3.8, 4) is 5.75 Å². The number of primary amides is 1. The van der Waals surface area contributed by atoms with E-state index in [9.17, 15) is 9.59 Å². The van der Waals surface area contributed by atoms with Crippen LogP contribution < -0.4 is 15.8 Å². The van der Waals surface area contributed by atoms with Crippen LogP contribution in [0.1, 0.15) is 28.0 Å². The lowest BCUT2D eigenvalue weighted by Crippen LogP contribution is -2.13. The maximum absolute atomic E-state index is 12.1. The van der Waals surface area contributed by atoms with Gasteiger partial charge in [0.25, 0.3) is 5.91 Å². The van der Waals surface area contributed by atoms with Crippen LogP contribution in [0.25, 0.3) is 0 Å². The molecular weight excluding hydrogens is 390 g/mol. The number of amides is 2. The van der Waals surface area contributed by atoms with E-state index < -0.39 is 5.91 Å². The van der Waals surface area contributed by atoms with Crippen molar-refractivity contribution in [2.75, 3.05) is 5.32 Å². The summed E-state index contributed by atoms with van der Waals surface area (Å²) in [6, 6.07) is 17.9. The quantitative estimate of drug-likeness (QED) is 0.588. The maximum atomic E-state index is 12.1. The number of anilines is 1. The molecule has 6 nitrogen and oxygen atoms in total. The van der Waals surface area contributed by atoms with Crippen molar-refractivity contribution in [3.05, 3.63) is 88.7 Å². The number of aromatic nitrogens is 1. The standard InChI is InChI=1S/C22H20ClN3O3/c23-17-5-7-18(8-6-17)26-21(27)9-4-15-2-1-3-19(12-15)29-14-16-10-11-25-20(13-16)22(24)28/h1-3,5-8,10-13H,4,9,14H2,(H2,24,28)(H,26,27). The maximum Gasteiger partial charge on any atom is 0.267 e. The van der Waals surface area contributed by atoms with E-state index in [1.54, 1.807) is 36.4 Å². The molecule has 7 heteroatoms. The zero-order valence-corrected chi connectivity index (χ0v) is 16.4. The number of hydrogen-bond acceptors (Lipinski definition) is 4. The summed E-state index contributed by atoms with van der Waals surface area (Å²) in [4.78, 5) is 27.3. The largest absolute Gasteiger partial charge is 0.489 e. The van der Waals surface area contributed by atoms with Crippen molar-refractivity contribution in [2.45, 2.75) is 19.4 Å². The molecule has 0 aliphatic rings. The summed E-state index contributed by atoms with van der Waals surface area (Å²) in [7, 11) is 0. The average molecular weight is 410 g/mol. The number of aryl methyl sites for hydroxylation is 1. The highest BCUT2D eigenvalue weighted by Gasteiger charge is 2.06. The SMILES string of the molecule is NC(=O)c1cc(COc2cccc(CCC(=O)Nc3ccc(Cl)cc3)c2)ccn1. The predicted octanol–water partition coefficient (Wildman–Crippen LogP) is 3.98. The molecule has 0 radical (unpaired) electrons. The van der Waals surface area contributed by atoms with E-state index in [0.29, 0.717) is 29.3 Å². The second kappa shape index (κ2) is 9.71. The predicted molar refractivity (Wildman–Crippen MR) is 112 cm³/mol. The number of nitrogens with two attached hydrogens (primary N) is 1. The van der Waals surface area contributed by atoms with Crippen molar-refractivity contribution in [2.24, 2.45) is 5.73 Å². The van der Waals surface area contributed by atoms with Gasteiger partial charge in [0.1, 0.15) is 18.1 Å². The molecule has 0 atom stereocenters. The Balaban J connectivity index is 1.52. The van der Waals surface area contributed by atoms with E-state index in [2.05, 4.69) is 10.3 Å². The van der Waals surface area contributed by atoms with Gasteiger partial charge in [-0.2, -0.15) is 0 Å². The summed E-state index contributed by atoms with van der Waals surface area (Å²) < 4.78 is 5.79. The van der Waals surface area contributed by atoms with E-state index in [4.69, 9.17) is 22.1 Å². The van der Waals surface area contributed by atoms with Crippen molar-refractivity contribution in [1.82, 2.24) is 4.98 Å². The molecule has 3 N–H and O–H groups in total. The van der Waals surface area contributed by atoms with E-state index in [1.165, 1.54) is 6.20 Å². The Kier molecular flexibility index (Phi) is 6.81. The lowest BCUT2D eigenvalue weighted by atomic mass is 10.1. The molecule has 3 aromatic rings. The number of hydrogen-bond donors (Lipinski definition) is 2. The fourth-order valence-electron chi connectivity index (χ4n) is 2.67. The molecule has 0 saturated heterocycles. The van der Waals surface area contributed by atoms with Crippen molar-refractivity contribution in [3.63, 3.8) is 0 Å². The number of carbonyl (C=O) groups is 2. The van der Waals surface area contributed by atoms with Gasteiger partial charge in [0.2, 0.25) is 5.91 Å². The Morgan fingerprint density at radius 3 is 2.59 bits per heavy atom. The van der Waals surface area contributed by atoms with Gasteiger partial charge in [-0.05, 0) is 66.1 Å². The number of nitrogens with zero attached hydrogens (tertiary/aromatic N) is 1. The van der Waals surface area contributed by atoms with Crippen LogP contribution in [0.5, 0.6) is 5.75 Å². The first kappa shape index (κ1) is 20.4. The number of halogens is 1. The van der Waals surface area contributed by atoms with Crippen molar-refractivity contribution in [1.29, 1.82) is 0 Å². The minimum absolute atomic E-state index is 0.0746. The van der Waals surface area contributed by atoms with Crippen LogP contribution >= 0.6 is 11.6 Å². The summed E-state index contributed by atoms with van der Waals surface area (Å²) >= 11 is 5.84. The van der Waals surface area contributed by atoms with Gasteiger partial charge >= 0.3 is 0 Å². The van der Waals surface area contributed by atoms with Crippen molar-refractivity contribution >= 4 is 29.1 Å². The molecule has 0 spiro atoms. The van der Waals surface area contributed by atoms with E-state index >= 15 is 0 Å². The molecule has 3 rings (SSSR count).